The van der Waals surface area contributed by atoms with E-state index in [2.05, 4.69) is 68.6 Å². The van der Waals surface area contributed by atoms with Crippen LogP contribution < -0.4 is 5.32 Å². The molecule has 1 unspecified atom stereocenters. The van der Waals surface area contributed by atoms with E-state index in [1.165, 1.54) is 34.4 Å². The van der Waals surface area contributed by atoms with Gasteiger partial charge >= 0.3 is 0 Å². The molecule has 2 aliphatic heterocycles. The highest BCUT2D eigenvalue weighted by Gasteiger charge is 2.40. The van der Waals surface area contributed by atoms with E-state index < -0.39 is 0 Å². The fourth-order valence-electron chi connectivity index (χ4n) is 4.46. The van der Waals surface area contributed by atoms with Gasteiger partial charge in [0.05, 0.1) is 12.1 Å². The lowest BCUT2D eigenvalue weighted by atomic mass is 9.76. The molecule has 24 heavy (non-hydrogen) atoms. The Bertz CT molecular complexity index is 722. The molecule has 2 nitrogen and oxygen atoms in total. The van der Waals surface area contributed by atoms with Gasteiger partial charge in [-0.3, -0.25) is 0 Å². The van der Waals surface area contributed by atoms with Crippen molar-refractivity contribution in [2.45, 2.75) is 51.7 Å². The van der Waals surface area contributed by atoms with Crippen LogP contribution in [0.3, 0.4) is 0 Å². The molecule has 2 aliphatic rings. The van der Waals surface area contributed by atoms with Crippen LogP contribution in [0, 0.1) is 12.8 Å². The molecule has 2 heteroatoms. The van der Waals surface area contributed by atoms with Crippen molar-refractivity contribution < 1.29 is 4.74 Å². The van der Waals surface area contributed by atoms with Gasteiger partial charge in [0.15, 0.2) is 0 Å². The van der Waals surface area contributed by atoms with Crippen molar-refractivity contribution in [3.63, 3.8) is 0 Å². The van der Waals surface area contributed by atoms with Crippen LogP contribution in [0.1, 0.15) is 67.0 Å². The molecule has 1 saturated heterocycles. The number of nitrogens with one attached hydrogen (secondary N) is 1. The number of ether oxygens (including phenoxy) is 1. The predicted octanol–water partition coefficient (Wildman–Crippen LogP) is 5.75. The van der Waals surface area contributed by atoms with E-state index in [0.29, 0.717) is 17.9 Å². The van der Waals surface area contributed by atoms with Crippen LogP contribution in [-0.4, -0.2) is 6.61 Å². The number of anilines is 1. The standard InChI is InChI=1S/C22H27NO/c1-14(2)18-13-19-20(12-15(18)3)23-21(16-8-5-4-6-9-16)17-10-7-11-24-22(17)19/h4-6,8-9,12-14,17,21-23H,7,10-11H2,1-3H3/t17-,21-,22?/m0/s1. The van der Waals surface area contributed by atoms with Crippen molar-refractivity contribution >= 4 is 5.69 Å². The van der Waals surface area contributed by atoms with Crippen molar-refractivity contribution in [1.29, 1.82) is 0 Å². The molecule has 2 aromatic rings. The molecular weight excluding hydrogens is 294 g/mol. The Labute approximate surface area is 145 Å². The highest BCUT2D eigenvalue weighted by Crippen LogP contribution is 2.49. The van der Waals surface area contributed by atoms with Crippen LogP contribution in [0.4, 0.5) is 5.69 Å². The molecular formula is C22H27NO. The summed E-state index contributed by atoms with van der Waals surface area (Å²) < 4.78 is 6.29. The average molecular weight is 321 g/mol. The summed E-state index contributed by atoms with van der Waals surface area (Å²) in [5.41, 5.74) is 6.81. The van der Waals surface area contributed by atoms with Crippen molar-refractivity contribution in [2.24, 2.45) is 5.92 Å². The maximum atomic E-state index is 6.29. The lowest BCUT2D eigenvalue weighted by molar-refractivity contribution is -0.0381. The summed E-state index contributed by atoms with van der Waals surface area (Å²) in [6.07, 6.45) is 2.60. The van der Waals surface area contributed by atoms with E-state index in [-0.39, 0.29) is 6.10 Å². The second-order valence-electron chi connectivity index (χ2n) is 7.58. The molecule has 0 saturated carbocycles. The third kappa shape index (κ3) is 2.63. The van der Waals surface area contributed by atoms with Gasteiger partial charge in [0, 0.05) is 23.8 Å². The first-order chi connectivity index (χ1) is 11.6. The number of rotatable bonds is 2. The molecule has 2 aromatic carbocycles. The molecule has 0 aliphatic carbocycles. The van der Waals surface area contributed by atoms with Gasteiger partial charge in [0.2, 0.25) is 0 Å². The fraction of sp³-hybridized carbons (Fsp3) is 0.455. The molecule has 0 bridgehead atoms. The van der Waals surface area contributed by atoms with Crippen LogP contribution >= 0.6 is 0 Å². The smallest absolute Gasteiger partial charge is 0.0895 e. The lowest BCUT2D eigenvalue weighted by Gasteiger charge is -2.44. The maximum absolute atomic E-state index is 6.29. The molecule has 1 N–H and O–H groups in total. The molecule has 0 amide bonds. The van der Waals surface area contributed by atoms with E-state index >= 15 is 0 Å². The van der Waals surface area contributed by atoms with Crippen LogP contribution in [0.15, 0.2) is 42.5 Å². The van der Waals surface area contributed by atoms with Crippen molar-refractivity contribution in [2.75, 3.05) is 11.9 Å². The number of benzene rings is 2. The monoisotopic (exact) mass is 321 g/mol. The summed E-state index contributed by atoms with van der Waals surface area (Å²) >= 11 is 0. The normalized spacial score (nSPS) is 25.8. The number of hydrogen-bond acceptors (Lipinski definition) is 2. The molecule has 0 radical (unpaired) electrons. The first-order valence-corrected chi connectivity index (χ1v) is 9.22. The predicted molar refractivity (Wildman–Crippen MR) is 99.5 cm³/mol. The third-order valence-electron chi connectivity index (χ3n) is 5.63. The Kier molecular flexibility index (Phi) is 4.09. The van der Waals surface area contributed by atoms with Gasteiger partial charge in [0.1, 0.15) is 0 Å². The summed E-state index contributed by atoms with van der Waals surface area (Å²) in [5, 5.41) is 3.84. The Morgan fingerprint density at radius 2 is 1.92 bits per heavy atom. The van der Waals surface area contributed by atoms with Crippen LogP contribution in [0.25, 0.3) is 0 Å². The van der Waals surface area contributed by atoms with Gasteiger partial charge in [-0.05, 0) is 48.4 Å². The van der Waals surface area contributed by atoms with Crippen LogP contribution in [-0.2, 0) is 4.74 Å². The largest absolute Gasteiger partial charge is 0.378 e. The van der Waals surface area contributed by atoms with Crippen molar-refractivity contribution in [3.05, 3.63) is 64.7 Å². The van der Waals surface area contributed by atoms with Crippen LogP contribution in [0.5, 0.6) is 0 Å². The van der Waals surface area contributed by atoms with Crippen molar-refractivity contribution in [3.8, 4) is 0 Å². The minimum atomic E-state index is 0.221. The van der Waals surface area contributed by atoms with Gasteiger partial charge < -0.3 is 10.1 Å². The molecule has 126 valence electrons. The first-order valence-electron chi connectivity index (χ1n) is 9.22. The van der Waals surface area contributed by atoms with Gasteiger partial charge in [-0.2, -0.15) is 0 Å². The van der Waals surface area contributed by atoms with Gasteiger partial charge in [-0.1, -0.05) is 50.2 Å². The summed E-state index contributed by atoms with van der Waals surface area (Å²) in [5.74, 6) is 1.06. The lowest BCUT2D eigenvalue weighted by Crippen LogP contribution is -2.36. The van der Waals surface area contributed by atoms with Gasteiger partial charge in [-0.15, -0.1) is 0 Å². The maximum Gasteiger partial charge on any atom is 0.0895 e. The third-order valence-corrected chi connectivity index (χ3v) is 5.63. The minimum absolute atomic E-state index is 0.221. The summed E-state index contributed by atoms with van der Waals surface area (Å²) in [6.45, 7) is 7.66. The van der Waals surface area contributed by atoms with E-state index in [1.54, 1.807) is 0 Å². The first kappa shape index (κ1) is 15.7. The molecule has 0 aromatic heterocycles. The van der Waals surface area contributed by atoms with Gasteiger partial charge in [0.25, 0.3) is 0 Å². The van der Waals surface area contributed by atoms with E-state index in [9.17, 15) is 0 Å². The van der Waals surface area contributed by atoms with Gasteiger partial charge in [-0.25, -0.2) is 0 Å². The van der Waals surface area contributed by atoms with Crippen LogP contribution in [0.2, 0.25) is 0 Å². The quantitative estimate of drug-likeness (QED) is 0.760. The zero-order valence-electron chi connectivity index (χ0n) is 14.9. The van der Waals surface area contributed by atoms with E-state index in [4.69, 9.17) is 4.74 Å². The molecule has 4 rings (SSSR count). The van der Waals surface area contributed by atoms with Crippen molar-refractivity contribution in [1.82, 2.24) is 0 Å². The van der Waals surface area contributed by atoms with E-state index in [0.717, 1.165) is 13.0 Å². The average Bonchev–Trinajstić information content (AvgIpc) is 2.61. The second kappa shape index (κ2) is 6.25. The highest BCUT2D eigenvalue weighted by molar-refractivity contribution is 5.60. The zero-order valence-corrected chi connectivity index (χ0v) is 14.9. The Hall–Kier alpha value is -1.80. The SMILES string of the molecule is Cc1cc2c(cc1C(C)C)C1OCCC[C@H]1[C@H](c1ccccc1)N2. The second-order valence-corrected chi connectivity index (χ2v) is 7.58. The zero-order chi connectivity index (χ0) is 16.7. The van der Waals surface area contributed by atoms with E-state index in [1.807, 2.05) is 0 Å². The summed E-state index contributed by atoms with van der Waals surface area (Å²) in [4.78, 5) is 0. The summed E-state index contributed by atoms with van der Waals surface area (Å²) in [7, 11) is 0. The highest BCUT2D eigenvalue weighted by atomic mass is 16.5. The minimum Gasteiger partial charge on any atom is -0.378 e. The Balaban J connectivity index is 1.80. The number of hydrogen-bond donors (Lipinski definition) is 1. The molecule has 3 atom stereocenters. The summed E-state index contributed by atoms with van der Waals surface area (Å²) in [6, 6.07) is 15.9. The molecule has 1 fully saturated rings. The fourth-order valence-corrected chi connectivity index (χ4v) is 4.46. The molecule has 0 spiro atoms. The topological polar surface area (TPSA) is 21.3 Å². The Morgan fingerprint density at radius 3 is 2.67 bits per heavy atom. The number of aryl methyl sites for hydroxylation is 1. The Morgan fingerprint density at radius 1 is 1.12 bits per heavy atom. The number of fused-ring (bicyclic) bond motifs is 3. The molecule has 2 heterocycles.